The third-order valence-corrected chi connectivity index (χ3v) is 2.76. The Kier molecular flexibility index (Phi) is 3.37. The van der Waals surface area contributed by atoms with Crippen LogP contribution < -0.4 is 0 Å². The zero-order chi connectivity index (χ0) is 7.40. The monoisotopic (exact) mass is 192 g/mol. The molecule has 0 saturated heterocycles. The van der Waals surface area contributed by atoms with E-state index in [9.17, 15) is 0 Å². The first-order valence-corrected chi connectivity index (χ1v) is 5.33. The predicted octanol–water partition coefficient (Wildman–Crippen LogP) is 2.45. The molecule has 0 fully saturated rings. The van der Waals surface area contributed by atoms with Crippen molar-refractivity contribution in [2.45, 2.75) is 12.7 Å². The second kappa shape index (κ2) is 4.10. The van der Waals surface area contributed by atoms with Crippen molar-refractivity contribution in [2.75, 3.05) is 5.75 Å². The molecular weight excluding hydrogens is 184 g/mol. The van der Waals surface area contributed by atoms with Gasteiger partial charge in [-0.3, -0.25) is 4.37 Å². The van der Waals surface area contributed by atoms with Crippen LogP contribution >= 0.6 is 35.5 Å². The van der Waals surface area contributed by atoms with E-state index >= 15 is 0 Å². The zero-order valence-electron chi connectivity index (χ0n) is 5.59. The summed E-state index contributed by atoms with van der Waals surface area (Å²) in [5, 5.41) is 0. The minimum atomic E-state index is 0.701. The van der Waals surface area contributed by atoms with E-state index < -0.39 is 0 Å². The van der Waals surface area contributed by atoms with E-state index in [1.165, 1.54) is 11.5 Å². The molecule has 1 N–H and O–H groups in total. The SMILES string of the molecule is CCSCc1nc(=S)s[nH]1. The number of nitrogens with zero attached hydrogens (tertiary/aromatic N) is 1. The van der Waals surface area contributed by atoms with Gasteiger partial charge in [-0.15, -0.1) is 0 Å². The molecule has 0 unspecified atom stereocenters. The van der Waals surface area contributed by atoms with Crippen molar-refractivity contribution in [1.29, 1.82) is 0 Å². The van der Waals surface area contributed by atoms with Gasteiger partial charge in [0.15, 0.2) is 3.95 Å². The minimum absolute atomic E-state index is 0.701. The zero-order valence-corrected chi connectivity index (χ0v) is 8.04. The standard InChI is InChI=1S/C5H8N2S3/c1-2-9-3-4-6-5(8)10-7-4/h2-3H2,1H3,(H,6,7,8). The van der Waals surface area contributed by atoms with E-state index in [1.807, 2.05) is 11.8 Å². The molecule has 5 heteroatoms. The first kappa shape index (κ1) is 8.23. The summed E-state index contributed by atoms with van der Waals surface area (Å²) in [7, 11) is 0. The molecule has 0 aliphatic heterocycles. The van der Waals surface area contributed by atoms with E-state index in [-0.39, 0.29) is 0 Å². The first-order valence-electron chi connectivity index (χ1n) is 2.95. The van der Waals surface area contributed by atoms with E-state index in [0.717, 1.165) is 17.3 Å². The Hall–Kier alpha value is 0.130. The maximum Gasteiger partial charge on any atom is 0.198 e. The van der Waals surface area contributed by atoms with Crippen molar-refractivity contribution in [3.63, 3.8) is 0 Å². The molecule has 0 amide bonds. The van der Waals surface area contributed by atoms with E-state index in [2.05, 4.69) is 16.3 Å². The van der Waals surface area contributed by atoms with Gasteiger partial charge in [0.2, 0.25) is 0 Å². The number of thioether (sulfide) groups is 1. The van der Waals surface area contributed by atoms with Gasteiger partial charge in [-0.25, -0.2) is 4.98 Å². The molecule has 2 nitrogen and oxygen atoms in total. The molecule has 0 aliphatic rings. The maximum absolute atomic E-state index is 4.85. The van der Waals surface area contributed by atoms with E-state index in [4.69, 9.17) is 12.2 Å². The number of hydrogen-bond acceptors (Lipinski definition) is 4. The Morgan fingerprint density at radius 3 is 3.10 bits per heavy atom. The van der Waals surface area contributed by atoms with Crippen LogP contribution in [0.4, 0.5) is 0 Å². The Bertz CT molecular complexity index is 239. The summed E-state index contributed by atoms with van der Waals surface area (Å²) in [6.45, 7) is 2.13. The molecule has 0 atom stereocenters. The third-order valence-electron chi connectivity index (χ3n) is 0.925. The van der Waals surface area contributed by atoms with Crippen LogP contribution in [0.5, 0.6) is 0 Å². The van der Waals surface area contributed by atoms with Crippen LogP contribution in [0.25, 0.3) is 0 Å². The van der Waals surface area contributed by atoms with Crippen molar-refractivity contribution >= 4 is 35.5 Å². The summed E-state index contributed by atoms with van der Waals surface area (Å²) < 4.78 is 3.75. The largest absolute Gasteiger partial charge is 0.296 e. The lowest BCUT2D eigenvalue weighted by Crippen LogP contribution is -1.82. The second-order valence-electron chi connectivity index (χ2n) is 1.67. The third kappa shape index (κ3) is 2.40. The number of aromatic nitrogens is 2. The molecule has 56 valence electrons. The number of aromatic amines is 1. The first-order chi connectivity index (χ1) is 4.83. The fraction of sp³-hybridized carbons (Fsp3) is 0.600. The molecule has 1 rings (SSSR count). The molecule has 10 heavy (non-hydrogen) atoms. The molecule has 1 aromatic heterocycles. The molecule has 0 radical (unpaired) electrons. The van der Waals surface area contributed by atoms with Gasteiger partial charge in [-0.05, 0) is 29.5 Å². The van der Waals surface area contributed by atoms with Crippen molar-refractivity contribution in [1.82, 2.24) is 9.36 Å². The summed E-state index contributed by atoms with van der Waals surface area (Å²) in [5.41, 5.74) is 0. The van der Waals surface area contributed by atoms with Crippen LogP contribution in [0.3, 0.4) is 0 Å². The molecular formula is C5H8N2S3. The van der Waals surface area contributed by atoms with Crippen molar-refractivity contribution in [2.24, 2.45) is 0 Å². The smallest absolute Gasteiger partial charge is 0.198 e. The number of nitrogens with one attached hydrogen (secondary N) is 1. The average Bonchev–Trinajstić information content (AvgIpc) is 2.31. The fourth-order valence-electron chi connectivity index (χ4n) is 0.519. The summed E-state index contributed by atoms with van der Waals surface area (Å²) in [6.07, 6.45) is 0. The van der Waals surface area contributed by atoms with Gasteiger partial charge in [0.1, 0.15) is 5.82 Å². The lowest BCUT2D eigenvalue weighted by atomic mass is 10.7. The molecule has 0 aliphatic carbocycles. The summed E-state index contributed by atoms with van der Waals surface area (Å²) in [5.74, 6) is 3.07. The Morgan fingerprint density at radius 1 is 1.80 bits per heavy atom. The Labute approximate surface area is 73.2 Å². The highest BCUT2D eigenvalue weighted by Gasteiger charge is 1.94. The number of hydrogen-bond donors (Lipinski definition) is 1. The van der Waals surface area contributed by atoms with Crippen molar-refractivity contribution in [3.8, 4) is 0 Å². The van der Waals surface area contributed by atoms with Gasteiger partial charge in [-0.2, -0.15) is 11.8 Å². The quantitative estimate of drug-likeness (QED) is 0.746. The lowest BCUT2D eigenvalue weighted by molar-refractivity contribution is 1.13. The Morgan fingerprint density at radius 2 is 2.60 bits per heavy atom. The summed E-state index contributed by atoms with van der Waals surface area (Å²) in [6, 6.07) is 0. The van der Waals surface area contributed by atoms with Gasteiger partial charge < -0.3 is 0 Å². The normalized spacial score (nSPS) is 10.1. The van der Waals surface area contributed by atoms with Crippen LogP contribution in [0.15, 0.2) is 0 Å². The Balaban J connectivity index is 2.50. The highest BCUT2D eigenvalue weighted by Crippen LogP contribution is 2.08. The van der Waals surface area contributed by atoms with E-state index in [1.54, 1.807) is 0 Å². The minimum Gasteiger partial charge on any atom is -0.296 e. The van der Waals surface area contributed by atoms with Crippen LogP contribution in [-0.2, 0) is 5.75 Å². The second-order valence-corrected chi connectivity index (χ2v) is 4.38. The van der Waals surface area contributed by atoms with Gasteiger partial charge in [-0.1, -0.05) is 6.92 Å². The van der Waals surface area contributed by atoms with E-state index in [0.29, 0.717) is 3.95 Å². The van der Waals surface area contributed by atoms with Gasteiger partial charge in [0.05, 0.1) is 5.75 Å². The maximum atomic E-state index is 4.85. The van der Waals surface area contributed by atoms with Gasteiger partial charge in [0.25, 0.3) is 0 Å². The summed E-state index contributed by atoms with van der Waals surface area (Å²) in [4.78, 5) is 4.11. The van der Waals surface area contributed by atoms with Gasteiger partial charge >= 0.3 is 0 Å². The van der Waals surface area contributed by atoms with Crippen LogP contribution in [0, 0.1) is 3.95 Å². The predicted molar refractivity (Wildman–Crippen MR) is 49.1 cm³/mol. The highest BCUT2D eigenvalue weighted by molar-refractivity contribution is 7.98. The average molecular weight is 192 g/mol. The molecule has 1 heterocycles. The molecule has 0 aromatic carbocycles. The van der Waals surface area contributed by atoms with Crippen LogP contribution in [-0.4, -0.2) is 15.1 Å². The van der Waals surface area contributed by atoms with Crippen LogP contribution in [0.2, 0.25) is 0 Å². The summed E-state index contributed by atoms with van der Waals surface area (Å²) >= 11 is 8.11. The van der Waals surface area contributed by atoms with Crippen LogP contribution in [0.1, 0.15) is 12.7 Å². The number of rotatable bonds is 3. The van der Waals surface area contributed by atoms with Crippen molar-refractivity contribution in [3.05, 3.63) is 9.78 Å². The molecule has 0 spiro atoms. The molecule has 0 saturated carbocycles. The van der Waals surface area contributed by atoms with Crippen molar-refractivity contribution < 1.29 is 0 Å². The lowest BCUT2D eigenvalue weighted by Gasteiger charge is -1.89. The molecule has 1 aromatic rings. The topological polar surface area (TPSA) is 28.7 Å². The van der Waals surface area contributed by atoms with Gasteiger partial charge in [0, 0.05) is 0 Å². The fourth-order valence-corrected chi connectivity index (χ4v) is 1.86. The number of H-pyrrole nitrogens is 1. The highest BCUT2D eigenvalue weighted by atomic mass is 32.2. The molecule has 0 bridgehead atoms.